The normalized spacial score (nSPS) is 12.4. The first-order valence-corrected chi connectivity index (χ1v) is 12.1. The standard InChI is InChI=1S/C27H21F6NO3S/c1-16-21-14-20(9-10-23(21)37-24(16)25(35)36)38-34(12-11-17-5-3-2-4-6-17)15-18-7-8-19(26(28,29)30)13-22(18)27(31,32)33/h2-10,13-14H,11-12,15H2,1H3,(H,35,36). The zero-order chi connectivity index (χ0) is 27.7. The Balaban J connectivity index is 1.68. The maximum Gasteiger partial charge on any atom is 0.416 e. The number of benzene rings is 3. The predicted octanol–water partition coefficient (Wildman–Crippen LogP) is 8.23. The molecule has 4 aromatic rings. The monoisotopic (exact) mass is 553 g/mol. The summed E-state index contributed by atoms with van der Waals surface area (Å²) >= 11 is 1.13. The smallest absolute Gasteiger partial charge is 0.416 e. The zero-order valence-corrected chi connectivity index (χ0v) is 20.7. The average molecular weight is 554 g/mol. The number of carbonyl (C=O) groups is 1. The highest BCUT2D eigenvalue weighted by Gasteiger charge is 2.38. The van der Waals surface area contributed by atoms with Gasteiger partial charge in [-0.15, -0.1) is 0 Å². The Morgan fingerprint density at radius 1 is 0.947 bits per heavy atom. The van der Waals surface area contributed by atoms with Crippen molar-refractivity contribution in [1.82, 2.24) is 4.31 Å². The summed E-state index contributed by atoms with van der Waals surface area (Å²) in [6.45, 7) is 1.60. The molecule has 0 bridgehead atoms. The molecule has 38 heavy (non-hydrogen) atoms. The van der Waals surface area contributed by atoms with E-state index in [0.29, 0.717) is 33.9 Å². The molecule has 4 nitrogen and oxygen atoms in total. The molecule has 0 saturated carbocycles. The molecule has 3 aromatic carbocycles. The summed E-state index contributed by atoms with van der Waals surface area (Å²) in [5, 5.41) is 9.86. The molecule has 0 aliphatic carbocycles. The van der Waals surface area contributed by atoms with Crippen molar-refractivity contribution in [3.8, 4) is 0 Å². The van der Waals surface area contributed by atoms with Crippen LogP contribution in [-0.2, 0) is 25.3 Å². The van der Waals surface area contributed by atoms with Gasteiger partial charge in [-0.1, -0.05) is 36.4 Å². The summed E-state index contributed by atoms with van der Waals surface area (Å²) in [5.41, 5.74) is -1.30. The minimum Gasteiger partial charge on any atom is -0.475 e. The number of hydrogen-bond acceptors (Lipinski definition) is 4. The number of carboxylic acids is 1. The van der Waals surface area contributed by atoms with E-state index >= 15 is 0 Å². The molecule has 0 unspecified atom stereocenters. The van der Waals surface area contributed by atoms with E-state index in [1.165, 1.54) is 0 Å². The van der Waals surface area contributed by atoms with Crippen LogP contribution < -0.4 is 0 Å². The molecule has 4 rings (SSSR count). The number of halogens is 6. The van der Waals surface area contributed by atoms with Gasteiger partial charge in [-0.25, -0.2) is 9.10 Å². The van der Waals surface area contributed by atoms with Gasteiger partial charge in [0.25, 0.3) is 0 Å². The van der Waals surface area contributed by atoms with Crippen molar-refractivity contribution in [3.05, 3.63) is 100 Å². The van der Waals surface area contributed by atoms with E-state index in [2.05, 4.69) is 0 Å². The number of rotatable bonds is 8. The van der Waals surface area contributed by atoms with E-state index in [0.717, 1.165) is 23.6 Å². The number of hydrogen-bond donors (Lipinski definition) is 1. The summed E-state index contributed by atoms with van der Waals surface area (Å²) < 4.78 is 87.7. The molecule has 0 aliphatic heterocycles. The first-order valence-electron chi connectivity index (χ1n) is 11.3. The lowest BCUT2D eigenvalue weighted by Gasteiger charge is -2.24. The number of aromatic carboxylic acids is 1. The molecule has 1 N–H and O–H groups in total. The van der Waals surface area contributed by atoms with E-state index in [9.17, 15) is 36.2 Å². The lowest BCUT2D eigenvalue weighted by molar-refractivity contribution is -0.143. The molecule has 11 heteroatoms. The van der Waals surface area contributed by atoms with Crippen LogP contribution in [0.3, 0.4) is 0 Å². The molecule has 0 radical (unpaired) electrons. The minimum atomic E-state index is -4.98. The summed E-state index contributed by atoms with van der Waals surface area (Å²) in [5.74, 6) is -1.43. The number of carboxylic acid groups (broad SMARTS) is 1. The van der Waals surface area contributed by atoms with Crippen LogP contribution in [0.15, 0.2) is 76.0 Å². The molecular formula is C27H21F6NO3S. The van der Waals surface area contributed by atoms with Crippen molar-refractivity contribution < 1.29 is 40.7 Å². The number of fused-ring (bicyclic) bond motifs is 1. The van der Waals surface area contributed by atoms with Crippen LogP contribution in [0.4, 0.5) is 26.3 Å². The highest BCUT2D eigenvalue weighted by molar-refractivity contribution is 7.97. The third-order valence-corrected chi connectivity index (χ3v) is 6.95. The highest BCUT2D eigenvalue weighted by Crippen LogP contribution is 2.39. The Morgan fingerprint density at radius 3 is 2.29 bits per heavy atom. The molecular weight excluding hydrogens is 532 g/mol. The van der Waals surface area contributed by atoms with E-state index in [-0.39, 0.29) is 30.5 Å². The van der Waals surface area contributed by atoms with Crippen molar-refractivity contribution >= 4 is 28.9 Å². The van der Waals surface area contributed by atoms with Crippen molar-refractivity contribution in [2.24, 2.45) is 0 Å². The largest absolute Gasteiger partial charge is 0.475 e. The molecule has 200 valence electrons. The number of alkyl halides is 6. The number of furan rings is 1. The average Bonchev–Trinajstić information content (AvgIpc) is 3.18. The van der Waals surface area contributed by atoms with Gasteiger partial charge in [0.1, 0.15) is 5.58 Å². The summed E-state index contributed by atoms with van der Waals surface area (Å²) in [6, 6.07) is 15.8. The Labute approximate surface area is 218 Å². The molecule has 1 aromatic heterocycles. The zero-order valence-electron chi connectivity index (χ0n) is 19.9. The summed E-state index contributed by atoms with van der Waals surface area (Å²) in [6.07, 6.45) is -9.41. The number of nitrogens with zero attached hydrogens (tertiary/aromatic N) is 1. The fraction of sp³-hybridized carbons (Fsp3) is 0.222. The van der Waals surface area contributed by atoms with Gasteiger partial charge in [0, 0.05) is 28.9 Å². The molecule has 0 fully saturated rings. The van der Waals surface area contributed by atoms with Crippen LogP contribution in [0, 0.1) is 6.92 Å². The van der Waals surface area contributed by atoms with E-state index in [1.807, 2.05) is 30.3 Å². The Kier molecular flexibility index (Phi) is 7.80. The predicted molar refractivity (Wildman–Crippen MR) is 131 cm³/mol. The summed E-state index contributed by atoms with van der Waals surface area (Å²) in [4.78, 5) is 12.0. The molecule has 0 saturated heterocycles. The van der Waals surface area contributed by atoms with E-state index < -0.39 is 29.4 Å². The van der Waals surface area contributed by atoms with Crippen LogP contribution in [0.5, 0.6) is 0 Å². The molecule has 0 aliphatic rings. The van der Waals surface area contributed by atoms with Gasteiger partial charge in [0.05, 0.1) is 11.1 Å². The van der Waals surface area contributed by atoms with Gasteiger partial charge in [-0.05, 0) is 66.8 Å². The Bertz CT molecular complexity index is 1450. The van der Waals surface area contributed by atoms with Crippen molar-refractivity contribution in [2.45, 2.75) is 37.1 Å². The van der Waals surface area contributed by atoms with Crippen LogP contribution in [0.2, 0.25) is 0 Å². The quantitative estimate of drug-likeness (QED) is 0.176. The maximum atomic E-state index is 13.8. The first kappa shape index (κ1) is 27.6. The third-order valence-electron chi connectivity index (χ3n) is 5.92. The maximum absolute atomic E-state index is 13.8. The van der Waals surface area contributed by atoms with Gasteiger partial charge in [0.15, 0.2) is 0 Å². The molecule has 1 heterocycles. The first-order chi connectivity index (χ1) is 17.8. The lowest BCUT2D eigenvalue weighted by atomic mass is 10.0. The second-order valence-corrected chi connectivity index (χ2v) is 9.75. The fourth-order valence-electron chi connectivity index (χ4n) is 4.01. The Morgan fingerprint density at radius 2 is 1.66 bits per heavy atom. The van der Waals surface area contributed by atoms with Crippen LogP contribution in [0.1, 0.15) is 38.4 Å². The minimum absolute atomic E-state index is 0.143. The number of aryl methyl sites for hydroxylation is 1. The second kappa shape index (κ2) is 10.7. The van der Waals surface area contributed by atoms with Crippen molar-refractivity contribution in [3.63, 3.8) is 0 Å². The van der Waals surface area contributed by atoms with Crippen molar-refractivity contribution in [1.29, 1.82) is 0 Å². The van der Waals surface area contributed by atoms with Gasteiger partial charge in [-0.3, -0.25) is 0 Å². The second-order valence-electron chi connectivity index (χ2n) is 8.58. The third kappa shape index (κ3) is 6.33. The van der Waals surface area contributed by atoms with E-state index in [4.69, 9.17) is 4.42 Å². The molecule has 0 atom stereocenters. The summed E-state index contributed by atoms with van der Waals surface area (Å²) in [7, 11) is 0. The van der Waals surface area contributed by atoms with Crippen LogP contribution >= 0.6 is 11.9 Å². The van der Waals surface area contributed by atoms with Gasteiger partial charge >= 0.3 is 18.3 Å². The van der Waals surface area contributed by atoms with Crippen LogP contribution in [-0.4, -0.2) is 21.9 Å². The van der Waals surface area contributed by atoms with Gasteiger partial charge in [-0.2, -0.15) is 26.3 Å². The van der Waals surface area contributed by atoms with Gasteiger partial charge in [0.2, 0.25) is 5.76 Å². The molecule has 0 amide bonds. The van der Waals surface area contributed by atoms with E-state index in [1.54, 1.807) is 29.4 Å². The topological polar surface area (TPSA) is 53.7 Å². The SMILES string of the molecule is Cc1c(C(=O)O)oc2ccc(SN(CCc3ccccc3)Cc3ccc(C(F)(F)F)cc3C(F)(F)F)cc12. The Hall–Kier alpha value is -3.44. The van der Waals surface area contributed by atoms with Crippen LogP contribution in [0.25, 0.3) is 11.0 Å². The van der Waals surface area contributed by atoms with Crippen molar-refractivity contribution in [2.75, 3.05) is 6.54 Å². The highest BCUT2D eigenvalue weighted by atomic mass is 32.2. The van der Waals surface area contributed by atoms with Gasteiger partial charge < -0.3 is 9.52 Å². The fourth-order valence-corrected chi connectivity index (χ4v) is 4.99. The lowest BCUT2D eigenvalue weighted by Crippen LogP contribution is -2.22. The molecule has 0 spiro atoms.